The topological polar surface area (TPSA) is 41.1 Å². The van der Waals surface area contributed by atoms with E-state index in [1.165, 1.54) is 6.42 Å². The first-order valence-electron chi connectivity index (χ1n) is 6.90. The summed E-state index contributed by atoms with van der Waals surface area (Å²) in [4.78, 5) is 11.9. The summed E-state index contributed by atoms with van der Waals surface area (Å²) in [6.45, 7) is 3.07. The minimum absolute atomic E-state index is 0.132. The van der Waals surface area contributed by atoms with Crippen LogP contribution in [-0.2, 0) is 11.2 Å². The van der Waals surface area contributed by atoms with Crippen LogP contribution in [-0.4, -0.2) is 24.5 Å². The zero-order chi connectivity index (χ0) is 13.7. The third kappa shape index (κ3) is 4.84. The van der Waals surface area contributed by atoms with E-state index in [0.717, 1.165) is 30.0 Å². The molecule has 1 fully saturated rings. The zero-order valence-corrected chi connectivity index (χ0v) is 12.0. The van der Waals surface area contributed by atoms with Crippen molar-refractivity contribution in [3.8, 4) is 0 Å². The second-order valence-corrected chi connectivity index (χ2v) is 5.74. The maximum Gasteiger partial charge on any atom is 0.221 e. The summed E-state index contributed by atoms with van der Waals surface area (Å²) in [7, 11) is 0. The Morgan fingerprint density at radius 2 is 2.42 bits per heavy atom. The van der Waals surface area contributed by atoms with Gasteiger partial charge >= 0.3 is 0 Å². The Morgan fingerprint density at radius 1 is 1.58 bits per heavy atom. The fraction of sp³-hybridized carbons (Fsp3) is 0.533. The summed E-state index contributed by atoms with van der Waals surface area (Å²) in [6, 6.07) is 8.27. The van der Waals surface area contributed by atoms with E-state index < -0.39 is 0 Å². The van der Waals surface area contributed by atoms with Crippen molar-refractivity contribution in [1.29, 1.82) is 0 Å². The van der Waals surface area contributed by atoms with Gasteiger partial charge in [0.25, 0.3) is 0 Å². The number of hydrogen-bond acceptors (Lipinski definition) is 2. The average molecular weight is 281 g/mol. The first-order chi connectivity index (χ1) is 9.13. The highest BCUT2D eigenvalue weighted by Gasteiger charge is 2.18. The Balaban J connectivity index is 1.77. The molecule has 0 aromatic heterocycles. The Hall–Kier alpha value is -1.06. The third-order valence-electron chi connectivity index (χ3n) is 3.43. The van der Waals surface area contributed by atoms with Crippen LogP contribution in [0.5, 0.6) is 0 Å². The molecule has 2 atom stereocenters. The molecule has 1 aliphatic heterocycles. The van der Waals surface area contributed by atoms with Gasteiger partial charge in [-0.15, -0.1) is 0 Å². The first kappa shape index (κ1) is 14.4. The average Bonchev–Trinajstić information content (AvgIpc) is 2.81. The van der Waals surface area contributed by atoms with Crippen LogP contribution in [0.25, 0.3) is 0 Å². The normalized spacial score (nSPS) is 20.2. The lowest BCUT2D eigenvalue weighted by Crippen LogP contribution is -2.37. The van der Waals surface area contributed by atoms with Crippen molar-refractivity contribution in [1.82, 2.24) is 10.6 Å². The molecule has 104 valence electrons. The zero-order valence-electron chi connectivity index (χ0n) is 11.3. The monoisotopic (exact) mass is 280 g/mol. The molecule has 3 nitrogen and oxygen atoms in total. The lowest BCUT2D eigenvalue weighted by atomic mass is 10.1. The molecule has 1 saturated heterocycles. The van der Waals surface area contributed by atoms with E-state index >= 15 is 0 Å². The van der Waals surface area contributed by atoms with E-state index in [0.29, 0.717) is 12.5 Å². The van der Waals surface area contributed by atoms with Crippen LogP contribution in [0.2, 0.25) is 5.02 Å². The molecular formula is C15H21ClN2O. The molecule has 1 heterocycles. The number of hydrogen-bond donors (Lipinski definition) is 2. The van der Waals surface area contributed by atoms with Gasteiger partial charge in [0.05, 0.1) is 0 Å². The van der Waals surface area contributed by atoms with Gasteiger partial charge in [-0.2, -0.15) is 0 Å². The maximum atomic E-state index is 11.9. The SMILES string of the molecule is CC(Cc1cccc(Cl)c1)NC(=O)CC1CCCN1. The predicted octanol–water partition coefficient (Wildman–Crippen LogP) is 2.53. The third-order valence-corrected chi connectivity index (χ3v) is 3.67. The van der Waals surface area contributed by atoms with Crippen molar-refractivity contribution in [2.24, 2.45) is 0 Å². The van der Waals surface area contributed by atoms with E-state index in [1.54, 1.807) is 0 Å². The highest BCUT2D eigenvalue weighted by atomic mass is 35.5. The number of benzene rings is 1. The van der Waals surface area contributed by atoms with E-state index in [1.807, 2.05) is 31.2 Å². The minimum Gasteiger partial charge on any atom is -0.353 e. The summed E-state index contributed by atoms with van der Waals surface area (Å²) >= 11 is 5.95. The van der Waals surface area contributed by atoms with E-state index in [4.69, 9.17) is 11.6 Å². The van der Waals surface area contributed by atoms with Gasteiger partial charge in [0, 0.05) is 23.5 Å². The standard InChI is InChI=1S/C15H21ClN2O/c1-11(8-12-4-2-5-13(16)9-12)18-15(19)10-14-6-3-7-17-14/h2,4-5,9,11,14,17H,3,6-8,10H2,1H3,(H,18,19). The number of nitrogens with one attached hydrogen (secondary N) is 2. The first-order valence-corrected chi connectivity index (χ1v) is 7.28. The van der Waals surface area contributed by atoms with Gasteiger partial charge in [-0.3, -0.25) is 4.79 Å². The van der Waals surface area contributed by atoms with Gasteiger partial charge < -0.3 is 10.6 Å². The van der Waals surface area contributed by atoms with Gasteiger partial charge in [-0.25, -0.2) is 0 Å². The molecule has 0 bridgehead atoms. The molecule has 0 radical (unpaired) electrons. The van der Waals surface area contributed by atoms with E-state index in [-0.39, 0.29) is 11.9 Å². The quantitative estimate of drug-likeness (QED) is 0.870. The molecule has 0 aliphatic carbocycles. The van der Waals surface area contributed by atoms with Gasteiger partial charge in [-0.05, 0) is 50.4 Å². The van der Waals surface area contributed by atoms with Crippen molar-refractivity contribution in [3.63, 3.8) is 0 Å². The Morgan fingerprint density at radius 3 is 3.11 bits per heavy atom. The summed E-state index contributed by atoms with van der Waals surface area (Å²) in [5, 5.41) is 7.13. The molecule has 2 N–H and O–H groups in total. The summed E-state index contributed by atoms with van der Waals surface area (Å²) in [6.07, 6.45) is 3.68. The van der Waals surface area contributed by atoms with Gasteiger partial charge in [-0.1, -0.05) is 23.7 Å². The van der Waals surface area contributed by atoms with Crippen LogP contribution >= 0.6 is 11.6 Å². The summed E-state index contributed by atoms with van der Waals surface area (Å²) < 4.78 is 0. The molecule has 1 aromatic rings. The Bertz CT molecular complexity index is 430. The van der Waals surface area contributed by atoms with Crippen LogP contribution in [0.4, 0.5) is 0 Å². The molecule has 1 aliphatic rings. The lowest BCUT2D eigenvalue weighted by Gasteiger charge is -2.16. The minimum atomic E-state index is 0.132. The molecule has 4 heteroatoms. The Kier molecular flexibility index (Phi) is 5.23. The van der Waals surface area contributed by atoms with Gasteiger partial charge in [0.15, 0.2) is 0 Å². The number of carbonyl (C=O) groups is 1. The van der Waals surface area contributed by atoms with Crippen molar-refractivity contribution in [3.05, 3.63) is 34.9 Å². The predicted molar refractivity (Wildman–Crippen MR) is 78.4 cm³/mol. The fourth-order valence-corrected chi connectivity index (χ4v) is 2.77. The van der Waals surface area contributed by atoms with Crippen LogP contribution in [0.15, 0.2) is 24.3 Å². The highest BCUT2D eigenvalue weighted by molar-refractivity contribution is 6.30. The Labute approximate surface area is 119 Å². The van der Waals surface area contributed by atoms with Crippen LogP contribution in [0, 0.1) is 0 Å². The lowest BCUT2D eigenvalue weighted by molar-refractivity contribution is -0.122. The molecule has 1 amide bonds. The van der Waals surface area contributed by atoms with Crippen LogP contribution in [0.3, 0.4) is 0 Å². The van der Waals surface area contributed by atoms with E-state index in [2.05, 4.69) is 10.6 Å². The van der Waals surface area contributed by atoms with E-state index in [9.17, 15) is 4.79 Å². The summed E-state index contributed by atoms with van der Waals surface area (Å²) in [5.74, 6) is 0.133. The second kappa shape index (κ2) is 6.92. The van der Waals surface area contributed by atoms with Crippen molar-refractivity contribution in [2.75, 3.05) is 6.54 Å². The van der Waals surface area contributed by atoms with Crippen LogP contribution in [0.1, 0.15) is 31.7 Å². The molecule has 2 rings (SSSR count). The molecule has 19 heavy (non-hydrogen) atoms. The maximum absolute atomic E-state index is 11.9. The highest BCUT2D eigenvalue weighted by Crippen LogP contribution is 2.13. The van der Waals surface area contributed by atoms with Crippen molar-refractivity contribution < 1.29 is 4.79 Å². The molecule has 1 aromatic carbocycles. The van der Waals surface area contributed by atoms with Crippen molar-refractivity contribution in [2.45, 2.75) is 44.7 Å². The second-order valence-electron chi connectivity index (χ2n) is 5.30. The number of carbonyl (C=O) groups excluding carboxylic acids is 1. The number of halogens is 1. The smallest absolute Gasteiger partial charge is 0.221 e. The van der Waals surface area contributed by atoms with Gasteiger partial charge in [0.1, 0.15) is 0 Å². The molecule has 0 saturated carbocycles. The molecule has 0 spiro atoms. The fourth-order valence-electron chi connectivity index (χ4n) is 2.56. The number of amides is 1. The molecular weight excluding hydrogens is 260 g/mol. The molecule has 2 unspecified atom stereocenters. The number of rotatable bonds is 5. The largest absolute Gasteiger partial charge is 0.353 e. The summed E-state index contributed by atoms with van der Waals surface area (Å²) in [5.41, 5.74) is 1.15. The van der Waals surface area contributed by atoms with Gasteiger partial charge in [0.2, 0.25) is 5.91 Å². The van der Waals surface area contributed by atoms with Crippen molar-refractivity contribution >= 4 is 17.5 Å². The van der Waals surface area contributed by atoms with Crippen LogP contribution < -0.4 is 10.6 Å².